The predicted octanol–water partition coefficient (Wildman–Crippen LogP) is 0.986. The molecule has 0 saturated carbocycles. The van der Waals surface area contributed by atoms with E-state index in [0.29, 0.717) is 0 Å². The van der Waals surface area contributed by atoms with E-state index in [1.807, 2.05) is 0 Å². The van der Waals surface area contributed by atoms with E-state index in [4.69, 9.17) is 11.6 Å². The smallest absolute Gasteiger partial charge is 0.407 e. The lowest BCUT2D eigenvalue weighted by Gasteiger charge is -2.03. The van der Waals surface area contributed by atoms with E-state index in [9.17, 15) is 9.59 Å². The van der Waals surface area contributed by atoms with Crippen LogP contribution in [0.5, 0.6) is 0 Å². The van der Waals surface area contributed by atoms with Crippen molar-refractivity contribution in [2.24, 2.45) is 0 Å². The summed E-state index contributed by atoms with van der Waals surface area (Å²) in [6, 6.07) is 0. The lowest BCUT2D eigenvalue weighted by Crippen LogP contribution is -2.30. The molecule has 1 amide bonds. The Hall–Kier alpha value is -1.23. The number of nitrogens with one attached hydrogen (secondary N) is 1. The molecule has 5 nitrogen and oxygen atoms in total. The van der Waals surface area contributed by atoms with Gasteiger partial charge in [-0.05, 0) is 25.1 Å². The molecule has 0 fully saturated rings. The lowest BCUT2D eigenvalue weighted by atomic mass is 10.6. The molecule has 0 atom stereocenters. The van der Waals surface area contributed by atoms with Crippen LogP contribution < -0.4 is 5.32 Å². The van der Waals surface area contributed by atoms with Crippen molar-refractivity contribution in [1.29, 1.82) is 0 Å². The molecule has 0 aromatic carbocycles. The summed E-state index contributed by atoms with van der Waals surface area (Å²) in [4.78, 5) is 21.4. The van der Waals surface area contributed by atoms with E-state index >= 15 is 0 Å². The minimum absolute atomic E-state index is 0.239. The zero-order valence-corrected chi connectivity index (χ0v) is 7.89. The van der Waals surface area contributed by atoms with Gasteiger partial charge in [0.15, 0.2) is 5.22 Å². The predicted molar refractivity (Wildman–Crippen MR) is 46.1 cm³/mol. The maximum absolute atomic E-state index is 10.7. The van der Waals surface area contributed by atoms with Crippen LogP contribution in [-0.2, 0) is 14.3 Å². The van der Waals surface area contributed by atoms with Crippen molar-refractivity contribution >= 4 is 23.7 Å². The molecule has 6 heteroatoms. The minimum Gasteiger partial charge on any atom is -0.450 e. The van der Waals surface area contributed by atoms with E-state index in [1.165, 1.54) is 0 Å². The second-order valence-electron chi connectivity index (χ2n) is 1.90. The maximum Gasteiger partial charge on any atom is 0.407 e. The number of amides is 1. The van der Waals surface area contributed by atoms with Crippen LogP contribution >= 0.6 is 11.6 Å². The largest absolute Gasteiger partial charge is 0.450 e. The summed E-state index contributed by atoms with van der Waals surface area (Å²) in [6.07, 6.45) is -0.681. The third-order valence-electron chi connectivity index (χ3n) is 0.877. The van der Waals surface area contributed by atoms with Crippen molar-refractivity contribution in [2.75, 3.05) is 13.2 Å². The number of hydrogen-bond donors (Lipinski definition) is 1. The Labute approximate surface area is 80.6 Å². The summed E-state index contributed by atoms with van der Waals surface area (Å²) >= 11 is 5.17. The van der Waals surface area contributed by atoms with Gasteiger partial charge in [-0.15, -0.1) is 0 Å². The van der Waals surface area contributed by atoms with Gasteiger partial charge in [0.05, 0.1) is 6.61 Å². The van der Waals surface area contributed by atoms with Gasteiger partial charge in [-0.3, -0.25) is 0 Å². The van der Waals surface area contributed by atoms with Gasteiger partial charge in [-0.2, -0.15) is 0 Å². The van der Waals surface area contributed by atoms with Crippen LogP contribution in [0.4, 0.5) is 4.79 Å². The Kier molecular flexibility index (Phi) is 5.71. The topological polar surface area (TPSA) is 64.6 Å². The molecule has 0 unspecified atom stereocenters. The fourth-order valence-electron chi connectivity index (χ4n) is 0.486. The van der Waals surface area contributed by atoms with Crippen LogP contribution in [0, 0.1) is 0 Å². The summed E-state index contributed by atoms with van der Waals surface area (Å²) in [5.74, 6) is -0.701. The molecule has 74 valence electrons. The highest BCUT2D eigenvalue weighted by Crippen LogP contribution is 1.97. The zero-order valence-electron chi connectivity index (χ0n) is 7.13. The zero-order chi connectivity index (χ0) is 10.3. The SMILES string of the molecule is C=C(Cl)OC(=O)CNC(=O)OCC. The molecule has 0 aliphatic heterocycles. The van der Waals surface area contributed by atoms with Crippen molar-refractivity contribution in [3.8, 4) is 0 Å². The Morgan fingerprint density at radius 2 is 2.15 bits per heavy atom. The Balaban J connectivity index is 3.58. The van der Waals surface area contributed by atoms with Crippen LogP contribution in [0.25, 0.3) is 0 Å². The molecule has 0 radical (unpaired) electrons. The third kappa shape index (κ3) is 7.14. The number of carbonyl (C=O) groups excluding carboxylic acids is 2. The van der Waals surface area contributed by atoms with Gasteiger partial charge in [-0.1, -0.05) is 0 Å². The second-order valence-corrected chi connectivity index (χ2v) is 2.32. The maximum atomic E-state index is 10.7. The summed E-state index contributed by atoms with van der Waals surface area (Å²) in [6.45, 7) is 4.73. The number of ether oxygens (including phenoxy) is 2. The molecule has 0 rings (SSSR count). The van der Waals surface area contributed by atoms with Crippen molar-refractivity contribution in [1.82, 2.24) is 5.32 Å². The first kappa shape index (κ1) is 11.8. The van der Waals surface area contributed by atoms with E-state index in [1.54, 1.807) is 6.92 Å². The van der Waals surface area contributed by atoms with Gasteiger partial charge in [0.1, 0.15) is 6.54 Å². The molecule has 0 aromatic heterocycles. The highest BCUT2D eigenvalue weighted by Gasteiger charge is 2.06. The fourth-order valence-corrected chi connectivity index (χ4v) is 0.572. The summed E-state index contributed by atoms with van der Waals surface area (Å²) in [7, 11) is 0. The van der Waals surface area contributed by atoms with Crippen LogP contribution in [0.3, 0.4) is 0 Å². The highest BCUT2D eigenvalue weighted by atomic mass is 35.5. The Morgan fingerprint density at radius 3 is 2.62 bits per heavy atom. The molecule has 1 N–H and O–H groups in total. The van der Waals surface area contributed by atoms with Crippen molar-refractivity contribution in [2.45, 2.75) is 6.92 Å². The van der Waals surface area contributed by atoms with Gasteiger partial charge < -0.3 is 14.8 Å². The van der Waals surface area contributed by atoms with Crippen LogP contribution in [0.15, 0.2) is 11.8 Å². The normalized spacial score (nSPS) is 8.77. The Bertz CT molecular complexity index is 217. The number of carbonyl (C=O) groups is 2. The van der Waals surface area contributed by atoms with Crippen molar-refractivity contribution in [3.05, 3.63) is 11.8 Å². The Morgan fingerprint density at radius 1 is 1.54 bits per heavy atom. The first-order valence-corrected chi connectivity index (χ1v) is 3.89. The molecular weight excluding hydrogens is 198 g/mol. The quantitative estimate of drug-likeness (QED) is 0.552. The van der Waals surface area contributed by atoms with Crippen molar-refractivity contribution < 1.29 is 19.1 Å². The lowest BCUT2D eigenvalue weighted by molar-refractivity contribution is -0.137. The summed E-state index contributed by atoms with van der Waals surface area (Å²) < 4.78 is 8.82. The standard InChI is InChI=1S/C7H10ClNO4/c1-3-12-7(11)9-4-6(10)13-5(2)8/h2-4H2,1H3,(H,9,11). The van der Waals surface area contributed by atoms with Crippen molar-refractivity contribution in [3.63, 3.8) is 0 Å². The third-order valence-corrected chi connectivity index (χ3v) is 0.954. The van der Waals surface area contributed by atoms with E-state index in [2.05, 4.69) is 21.4 Å². The first-order valence-electron chi connectivity index (χ1n) is 3.52. The molecule has 0 bridgehead atoms. The highest BCUT2D eigenvalue weighted by molar-refractivity contribution is 6.28. The average Bonchev–Trinajstić information content (AvgIpc) is 2.00. The van der Waals surface area contributed by atoms with E-state index in [0.717, 1.165) is 0 Å². The fraction of sp³-hybridized carbons (Fsp3) is 0.429. The van der Waals surface area contributed by atoms with Gasteiger partial charge in [0.2, 0.25) is 0 Å². The van der Waals surface area contributed by atoms with Crippen LogP contribution in [0.2, 0.25) is 0 Å². The summed E-state index contributed by atoms with van der Waals surface area (Å²) in [5.41, 5.74) is 0. The van der Waals surface area contributed by atoms with E-state index in [-0.39, 0.29) is 18.4 Å². The van der Waals surface area contributed by atoms with Crippen LogP contribution in [-0.4, -0.2) is 25.2 Å². The van der Waals surface area contributed by atoms with Gasteiger partial charge in [-0.25, -0.2) is 9.59 Å². The number of alkyl carbamates (subject to hydrolysis) is 1. The number of halogens is 1. The van der Waals surface area contributed by atoms with E-state index < -0.39 is 12.1 Å². The number of rotatable bonds is 4. The molecular formula is C7H10ClNO4. The molecule has 13 heavy (non-hydrogen) atoms. The molecule has 0 saturated heterocycles. The molecule has 0 aromatic rings. The summed E-state index contributed by atoms with van der Waals surface area (Å²) in [5, 5.41) is 1.91. The second kappa shape index (κ2) is 6.30. The van der Waals surface area contributed by atoms with Gasteiger partial charge in [0, 0.05) is 0 Å². The molecule has 0 spiro atoms. The average molecular weight is 208 g/mol. The monoisotopic (exact) mass is 207 g/mol. The van der Waals surface area contributed by atoms with Gasteiger partial charge >= 0.3 is 12.1 Å². The number of hydrogen-bond acceptors (Lipinski definition) is 4. The first-order chi connectivity index (χ1) is 6.06. The van der Waals surface area contributed by atoms with Gasteiger partial charge in [0.25, 0.3) is 0 Å². The molecule has 0 aliphatic carbocycles. The minimum atomic E-state index is -0.701. The molecule has 0 heterocycles. The van der Waals surface area contributed by atoms with Crippen LogP contribution in [0.1, 0.15) is 6.92 Å². The molecule has 0 aliphatic rings. The number of esters is 1.